The van der Waals surface area contributed by atoms with Gasteiger partial charge in [0.05, 0.1) is 22.6 Å². The molecule has 1 N–H and O–H groups in total. The Kier molecular flexibility index (Phi) is 6.45. The first kappa shape index (κ1) is 25.4. The number of carbonyl (C=O) groups excluding carboxylic acids is 3. The van der Waals surface area contributed by atoms with Crippen LogP contribution in [0.15, 0.2) is 90.5 Å². The van der Waals surface area contributed by atoms with Crippen LogP contribution in [0.4, 0.5) is 16.2 Å². The molecule has 8 nitrogen and oxygen atoms in total. The number of barbiturate groups is 1. The highest BCUT2D eigenvalue weighted by Gasteiger charge is 2.43. The molecule has 1 aliphatic heterocycles. The predicted molar refractivity (Wildman–Crippen MR) is 148 cm³/mol. The molecule has 2 heterocycles. The third kappa shape index (κ3) is 4.42. The molecule has 0 saturated carbocycles. The van der Waals surface area contributed by atoms with E-state index in [2.05, 4.69) is 0 Å². The van der Waals surface area contributed by atoms with Crippen molar-refractivity contribution in [3.8, 4) is 5.69 Å². The minimum Gasteiger partial charge on any atom is -0.478 e. The fraction of sp³-hybridized carbons (Fsp3) is 0.0968. The number of aromatic nitrogens is 1. The van der Waals surface area contributed by atoms with Crippen LogP contribution in [-0.2, 0) is 9.59 Å². The van der Waals surface area contributed by atoms with Gasteiger partial charge in [-0.2, -0.15) is 0 Å². The molecule has 0 atom stereocenters. The van der Waals surface area contributed by atoms with Crippen molar-refractivity contribution in [1.29, 1.82) is 0 Å². The Labute approximate surface area is 225 Å². The average Bonchev–Trinajstić information content (AvgIpc) is 3.20. The maximum absolute atomic E-state index is 13.7. The van der Waals surface area contributed by atoms with Crippen LogP contribution in [-0.4, -0.2) is 33.5 Å². The number of carboxylic acid groups (broad SMARTS) is 1. The van der Waals surface area contributed by atoms with Crippen molar-refractivity contribution in [2.75, 3.05) is 9.80 Å². The maximum atomic E-state index is 13.7. The quantitative estimate of drug-likeness (QED) is 0.270. The first-order chi connectivity index (χ1) is 18.7. The number of aromatic carboxylic acids is 1. The molecule has 39 heavy (non-hydrogen) atoms. The molecule has 1 fully saturated rings. The second-order valence-corrected chi connectivity index (χ2v) is 9.28. The molecule has 1 saturated heterocycles. The lowest BCUT2D eigenvalue weighted by molar-refractivity contribution is -0.121. The van der Waals surface area contributed by atoms with Gasteiger partial charge in [0.2, 0.25) is 0 Å². The Morgan fingerprint density at radius 2 is 1.31 bits per heavy atom. The lowest BCUT2D eigenvalue weighted by atomic mass is 10.0. The van der Waals surface area contributed by atoms with Gasteiger partial charge in [0.15, 0.2) is 0 Å². The van der Waals surface area contributed by atoms with Crippen molar-refractivity contribution >= 4 is 41.3 Å². The van der Waals surface area contributed by atoms with Gasteiger partial charge in [-0.15, -0.1) is 0 Å². The summed E-state index contributed by atoms with van der Waals surface area (Å²) in [5.74, 6) is -2.55. The average molecular weight is 520 g/mol. The number of imide groups is 2. The van der Waals surface area contributed by atoms with E-state index in [0.29, 0.717) is 28.3 Å². The van der Waals surface area contributed by atoms with Gasteiger partial charge in [-0.25, -0.2) is 19.4 Å². The highest BCUT2D eigenvalue weighted by Crippen LogP contribution is 2.31. The van der Waals surface area contributed by atoms with Crippen LogP contribution in [0.1, 0.15) is 32.9 Å². The van der Waals surface area contributed by atoms with Crippen LogP contribution in [0.3, 0.4) is 0 Å². The van der Waals surface area contributed by atoms with E-state index in [9.17, 15) is 24.3 Å². The number of benzene rings is 3. The molecule has 0 spiro atoms. The van der Waals surface area contributed by atoms with Crippen LogP contribution < -0.4 is 9.80 Å². The number of hydrogen-bond acceptors (Lipinski definition) is 4. The molecule has 0 radical (unpaired) electrons. The summed E-state index contributed by atoms with van der Waals surface area (Å²) in [7, 11) is 0. The second kappa shape index (κ2) is 9.90. The Morgan fingerprint density at radius 3 is 1.92 bits per heavy atom. The molecule has 0 bridgehead atoms. The smallest absolute Gasteiger partial charge is 0.343 e. The first-order valence-corrected chi connectivity index (χ1v) is 12.3. The highest BCUT2D eigenvalue weighted by atomic mass is 16.4. The van der Waals surface area contributed by atoms with E-state index < -0.39 is 23.8 Å². The van der Waals surface area contributed by atoms with Crippen molar-refractivity contribution in [3.05, 3.63) is 119 Å². The van der Waals surface area contributed by atoms with E-state index in [4.69, 9.17) is 0 Å². The summed E-state index contributed by atoms with van der Waals surface area (Å²) in [6, 6.07) is 23.0. The largest absolute Gasteiger partial charge is 0.478 e. The number of para-hydroxylation sites is 2. The predicted octanol–water partition coefficient (Wildman–Crippen LogP) is 5.68. The van der Waals surface area contributed by atoms with Gasteiger partial charge in [-0.1, -0.05) is 48.0 Å². The van der Waals surface area contributed by atoms with E-state index in [1.54, 1.807) is 90.4 Å². The third-order valence-electron chi connectivity index (χ3n) is 6.70. The van der Waals surface area contributed by atoms with E-state index in [-0.39, 0.29) is 11.1 Å². The van der Waals surface area contributed by atoms with Gasteiger partial charge < -0.3 is 9.67 Å². The zero-order valence-corrected chi connectivity index (χ0v) is 21.6. The molecule has 3 aromatic carbocycles. The standard InChI is InChI=1S/C31H25N3O5/c1-19-13-15-24(16-14-19)34-29(36)26(28(35)33(31(34)39)23-9-5-4-6-10-23)18-22-17-20(2)32(21(22)3)27-12-8-7-11-25(27)30(37)38/h4-18H,1-3H3,(H,37,38)/b26-18+. The minimum atomic E-state index is -1.07. The molecular formula is C31H25N3O5. The lowest BCUT2D eigenvalue weighted by Gasteiger charge is -2.34. The number of aryl methyl sites for hydroxylation is 2. The molecule has 5 rings (SSSR count). The number of carboxylic acids is 1. The summed E-state index contributed by atoms with van der Waals surface area (Å²) in [6.07, 6.45) is 1.47. The van der Waals surface area contributed by atoms with Gasteiger partial charge in [-0.3, -0.25) is 9.59 Å². The van der Waals surface area contributed by atoms with Crippen LogP contribution in [0, 0.1) is 20.8 Å². The molecular weight excluding hydrogens is 494 g/mol. The number of hydrogen-bond donors (Lipinski definition) is 1. The SMILES string of the molecule is Cc1ccc(N2C(=O)/C(=C/c3cc(C)n(-c4ccccc4C(=O)O)c3C)C(=O)N(c3ccccc3)C2=O)cc1. The molecule has 4 aromatic rings. The topological polar surface area (TPSA) is 99.9 Å². The van der Waals surface area contributed by atoms with E-state index in [1.807, 2.05) is 13.8 Å². The van der Waals surface area contributed by atoms with Gasteiger partial charge in [0.1, 0.15) is 5.57 Å². The zero-order valence-electron chi connectivity index (χ0n) is 21.6. The molecule has 0 aliphatic carbocycles. The van der Waals surface area contributed by atoms with Gasteiger partial charge in [0, 0.05) is 11.4 Å². The fourth-order valence-electron chi connectivity index (χ4n) is 4.77. The monoisotopic (exact) mass is 519 g/mol. The molecule has 8 heteroatoms. The van der Waals surface area contributed by atoms with Crippen molar-refractivity contribution in [1.82, 2.24) is 4.57 Å². The van der Waals surface area contributed by atoms with Crippen LogP contribution in [0.2, 0.25) is 0 Å². The molecule has 0 unspecified atom stereocenters. The summed E-state index contributed by atoms with van der Waals surface area (Å²) in [5.41, 5.74) is 3.94. The maximum Gasteiger partial charge on any atom is 0.343 e. The molecule has 1 aromatic heterocycles. The molecule has 194 valence electrons. The summed E-state index contributed by atoms with van der Waals surface area (Å²) in [4.78, 5) is 54.9. The van der Waals surface area contributed by atoms with Crippen LogP contribution in [0.5, 0.6) is 0 Å². The number of urea groups is 1. The number of rotatable bonds is 5. The zero-order chi connectivity index (χ0) is 27.8. The van der Waals surface area contributed by atoms with Crippen molar-refractivity contribution < 1.29 is 24.3 Å². The summed E-state index contributed by atoms with van der Waals surface area (Å²) in [5, 5.41) is 9.71. The Morgan fingerprint density at radius 1 is 0.744 bits per heavy atom. The summed E-state index contributed by atoms with van der Waals surface area (Å²) >= 11 is 0. The number of carbonyl (C=O) groups is 4. The summed E-state index contributed by atoms with van der Waals surface area (Å²) < 4.78 is 1.77. The number of anilines is 2. The van der Waals surface area contributed by atoms with Crippen molar-refractivity contribution in [2.45, 2.75) is 20.8 Å². The Balaban J connectivity index is 1.67. The minimum absolute atomic E-state index is 0.120. The first-order valence-electron chi connectivity index (χ1n) is 12.3. The second-order valence-electron chi connectivity index (χ2n) is 9.28. The third-order valence-corrected chi connectivity index (χ3v) is 6.70. The number of nitrogens with zero attached hydrogens (tertiary/aromatic N) is 3. The molecule has 1 aliphatic rings. The molecule has 4 amide bonds. The van der Waals surface area contributed by atoms with E-state index in [0.717, 1.165) is 21.1 Å². The van der Waals surface area contributed by atoms with Crippen LogP contribution >= 0.6 is 0 Å². The van der Waals surface area contributed by atoms with E-state index in [1.165, 1.54) is 12.1 Å². The number of amides is 4. The Bertz CT molecular complexity index is 1670. The van der Waals surface area contributed by atoms with Crippen molar-refractivity contribution in [2.24, 2.45) is 0 Å². The van der Waals surface area contributed by atoms with Crippen molar-refractivity contribution in [3.63, 3.8) is 0 Å². The van der Waals surface area contributed by atoms with Gasteiger partial charge in [-0.05, 0) is 74.9 Å². The fourth-order valence-corrected chi connectivity index (χ4v) is 4.77. The van der Waals surface area contributed by atoms with Gasteiger partial charge >= 0.3 is 12.0 Å². The van der Waals surface area contributed by atoms with E-state index >= 15 is 0 Å². The Hall–Kier alpha value is -5.24. The highest BCUT2D eigenvalue weighted by molar-refractivity contribution is 6.46. The lowest BCUT2D eigenvalue weighted by Crippen LogP contribution is -2.57. The van der Waals surface area contributed by atoms with Gasteiger partial charge in [0.25, 0.3) is 11.8 Å². The van der Waals surface area contributed by atoms with Crippen LogP contribution in [0.25, 0.3) is 11.8 Å². The summed E-state index contributed by atoms with van der Waals surface area (Å²) in [6.45, 7) is 5.50. The normalized spacial score (nSPS) is 14.8.